The first-order chi connectivity index (χ1) is 9.81. The van der Waals surface area contributed by atoms with Crippen LogP contribution < -0.4 is 0 Å². The van der Waals surface area contributed by atoms with Gasteiger partial charge in [-0.25, -0.2) is 4.79 Å². The van der Waals surface area contributed by atoms with E-state index in [0.29, 0.717) is 39.6 Å². The van der Waals surface area contributed by atoms with Gasteiger partial charge in [0.25, 0.3) is 0 Å². The molecule has 0 rings (SSSR count). The van der Waals surface area contributed by atoms with E-state index in [1.807, 2.05) is 0 Å². The van der Waals surface area contributed by atoms with Gasteiger partial charge in [0, 0.05) is 6.61 Å². The molecule has 0 unspecified atom stereocenters. The van der Waals surface area contributed by atoms with E-state index in [4.69, 9.17) is 18.9 Å². The van der Waals surface area contributed by atoms with Crippen molar-refractivity contribution in [1.29, 1.82) is 0 Å². The molecule has 0 N–H and O–H groups in total. The SMILES string of the molecule is CCCCCOCCOCCOCCOCC(=O)OC. The lowest BCUT2D eigenvalue weighted by atomic mass is 10.3. The van der Waals surface area contributed by atoms with Crippen molar-refractivity contribution < 1.29 is 28.5 Å². The second-order valence-corrected chi connectivity index (χ2v) is 4.17. The second kappa shape index (κ2) is 16.4. The number of carbonyl (C=O) groups is 1. The predicted octanol–water partition coefficient (Wildman–Crippen LogP) is 1.42. The molecule has 20 heavy (non-hydrogen) atoms. The van der Waals surface area contributed by atoms with Gasteiger partial charge in [-0.05, 0) is 6.42 Å². The molecule has 0 heterocycles. The molecule has 0 aromatic heterocycles. The van der Waals surface area contributed by atoms with Gasteiger partial charge in [0.1, 0.15) is 6.61 Å². The number of hydrogen-bond donors (Lipinski definition) is 0. The van der Waals surface area contributed by atoms with E-state index in [1.165, 1.54) is 20.0 Å². The summed E-state index contributed by atoms with van der Waals surface area (Å²) in [6, 6.07) is 0. The third-order valence-corrected chi connectivity index (χ3v) is 2.46. The molecule has 0 saturated carbocycles. The minimum absolute atomic E-state index is 0.0360. The number of carbonyl (C=O) groups excluding carboxylic acids is 1. The third kappa shape index (κ3) is 15.4. The quantitative estimate of drug-likeness (QED) is 0.336. The van der Waals surface area contributed by atoms with Crippen LogP contribution in [-0.2, 0) is 28.5 Å². The average Bonchev–Trinajstić information content (AvgIpc) is 2.47. The molecular formula is C14H28O6. The second-order valence-electron chi connectivity index (χ2n) is 4.17. The Morgan fingerprint density at radius 3 is 1.75 bits per heavy atom. The van der Waals surface area contributed by atoms with Crippen molar-refractivity contribution in [2.24, 2.45) is 0 Å². The maximum absolute atomic E-state index is 10.7. The zero-order chi connectivity index (χ0) is 14.9. The van der Waals surface area contributed by atoms with Crippen molar-refractivity contribution in [3.63, 3.8) is 0 Å². The van der Waals surface area contributed by atoms with E-state index in [-0.39, 0.29) is 12.6 Å². The molecule has 0 aromatic rings. The Morgan fingerprint density at radius 1 is 0.750 bits per heavy atom. The fraction of sp³-hybridized carbons (Fsp3) is 0.929. The molecule has 6 heteroatoms. The Hall–Kier alpha value is -0.690. The van der Waals surface area contributed by atoms with Crippen molar-refractivity contribution in [2.45, 2.75) is 26.2 Å². The van der Waals surface area contributed by atoms with E-state index in [9.17, 15) is 4.79 Å². The number of esters is 1. The Labute approximate surface area is 121 Å². The largest absolute Gasteiger partial charge is 0.467 e. The fourth-order valence-corrected chi connectivity index (χ4v) is 1.33. The highest BCUT2D eigenvalue weighted by Gasteiger charge is 1.98. The maximum Gasteiger partial charge on any atom is 0.331 e. The monoisotopic (exact) mass is 292 g/mol. The summed E-state index contributed by atoms with van der Waals surface area (Å²) < 4.78 is 25.4. The highest BCUT2D eigenvalue weighted by molar-refractivity contribution is 5.70. The Kier molecular flexibility index (Phi) is 15.8. The lowest BCUT2D eigenvalue weighted by Gasteiger charge is -2.07. The van der Waals surface area contributed by atoms with Crippen LogP contribution in [0.5, 0.6) is 0 Å². The molecule has 0 atom stereocenters. The first kappa shape index (κ1) is 19.3. The summed E-state index contributed by atoms with van der Waals surface area (Å²) in [5, 5.41) is 0. The molecule has 6 nitrogen and oxygen atoms in total. The van der Waals surface area contributed by atoms with Crippen LogP contribution in [0.2, 0.25) is 0 Å². The topological polar surface area (TPSA) is 63.2 Å². The van der Waals surface area contributed by atoms with Crippen molar-refractivity contribution in [3.05, 3.63) is 0 Å². The molecule has 0 radical (unpaired) electrons. The number of unbranched alkanes of at least 4 members (excludes halogenated alkanes) is 2. The summed E-state index contributed by atoms with van der Waals surface area (Å²) in [5.41, 5.74) is 0. The van der Waals surface area contributed by atoms with E-state index < -0.39 is 0 Å². The molecule has 0 saturated heterocycles. The lowest BCUT2D eigenvalue weighted by Crippen LogP contribution is -2.15. The number of ether oxygens (including phenoxy) is 5. The molecule has 0 bridgehead atoms. The van der Waals surface area contributed by atoms with Crippen LogP contribution in [-0.4, -0.2) is 65.9 Å². The molecule has 0 fully saturated rings. The van der Waals surface area contributed by atoms with Gasteiger partial charge in [-0.15, -0.1) is 0 Å². The number of methoxy groups -OCH3 is 1. The Morgan fingerprint density at radius 2 is 1.25 bits per heavy atom. The molecule has 0 aliphatic heterocycles. The first-order valence-corrected chi connectivity index (χ1v) is 7.19. The molecule has 0 aliphatic carbocycles. The van der Waals surface area contributed by atoms with Gasteiger partial charge in [0.2, 0.25) is 0 Å². The lowest BCUT2D eigenvalue weighted by molar-refractivity contribution is -0.146. The van der Waals surface area contributed by atoms with Gasteiger partial charge in [0.05, 0.1) is 46.8 Å². The first-order valence-electron chi connectivity index (χ1n) is 7.19. The van der Waals surface area contributed by atoms with Gasteiger partial charge in [-0.3, -0.25) is 0 Å². The zero-order valence-corrected chi connectivity index (χ0v) is 12.7. The van der Waals surface area contributed by atoms with Gasteiger partial charge < -0.3 is 23.7 Å². The van der Waals surface area contributed by atoms with Crippen molar-refractivity contribution in [3.8, 4) is 0 Å². The van der Waals surface area contributed by atoms with Gasteiger partial charge in [-0.2, -0.15) is 0 Å². The van der Waals surface area contributed by atoms with Crippen LogP contribution in [0.25, 0.3) is 0 Å². The summed E-state index contributed by atoms with van der Waals surface area (Å²) in [7, 11) is 1.33. The van der Waals surface area contributed by atoms with Gasteiger partial charge >= 0.3 is 5.97 Å². The number of rotatable bonds is 15. The standard InChI is InChI=1S/C14H28O6/c1-3-4-5-6-17-7-8-18-9-10-19-11-12-20-13-14(15)16-2/h3-13H2,1-2H3. The normalized spacial score (nSPS) is 10.7. The van der Waals surface area contributed by atoms with Crippen molar-refractivity contribution in [2.75, 3.05) is 60.0 Å². The van der Waals surface area contributed by atoms with Crippen LogP contribution in [0.15, 0.2) is 0 Å². The van der Waals surface area contributed by atoms with E-state index in [1.54, 1.807) is 0 Å². The molecule has 0 amide bonds. The van der Waals surface area contributed by atoms with Crippen LogP contribution >= 0.6 is 0 Å². The van der Waals surface area contributed by atoms with Crippen molar-refractivity contribution in [1.82, 2.24) is 0 Å². The predicted molar refractivity (Wildman–Crippen MR) is 74.8 cm³/mol. The summed E-state index contributed by atoms with van der Waals surface area (Å²) in [6.07, 6.45) is 3.54. The zero-order valence-electron chi connectivity index (χ0n) is 12.7. The maximum atomic E-state index is 10.7. The third-order valence-electron chi connectivity index (χ3n) is 2.46. The van der Waals surface area contributed by atoms with E-state index in [0.717, 1.165) is 13.0 Å². The molecule has 0 aliphatic rings. The van der Waals surface area contributed by atoms with E-state index in [2.05, 4.69) is 11.7 Å². The van der Waals surface area contributed by atoms with Crippen LogP contribution in [0, 0.1) is 0 Å². The van der Waals surface area contributed by atoms with Gasteiger partial charge in [0.15, 0.2) is 0 Å². The van der Waals surface area contributed by atoms with Crippen molar-refractivity contribution >= 4 is 5.97 Å². The van der Waals surface area contributed by atoms with Crippen LogP contribution in [0.3, 0.4) is 0 Å². The minimum atomic E-state index is -0.382. The molecule has 0 spiro atoms. The van der Waals surface area contributed by atoms with Crippen LogP contribution in [0.4, 0.5) is 0 Å². The number of hydrogen-bond acceptors (Lipinski definition) is 6. The molecular weight excluding hydrogens is 264 g/mol. The van der Waals surface area contributed by atoms with E-state index >= 15 is 0 Å². The summed E-state index contributed by atoms with van der Waals surface area (Å²) in [4.78, 5) is 10.7. The molecule has 120 valence electrons. The van der Waals surface area contributed by atoms with Crippen LogP contribution in [0.1, 0.15) is 26.2 Å². The molecule has 0 aromatic carbocycles. The average molecular weight is 292 g/mol. The highest BCUT2D eigenvalue weighted by Crippen LogP contribution is 1.93. The van der Waals surface area contributed by atoms with Gasteiger partial charge in [-0.1, -0.05) is 19.8 Å². The smallest absolute Gasteiger partial charge is 0.331 e. The highest BCUT2D eigenvalue weighted by atomic mass is 16.6. The minimum Gasteiger partial charge on any atom is -0.467 e. The summed E-state index contributed by atoms with van der Waals surface area (Å²) in [5.74, 6) is -0.382. The summed E-state index contributed by atoms with van der Waals surface area (Å²) in [6.45, 7) is 6.02. The Bertz CT molecular complexity index is 210. The fourth-order valence-electron chi connectivity index (χ4n) is 1.33. The Balaban J connectivity index is 2.97. The summed E-state index contributed by atoms with van der Waals surface area (Å²) >= 11 is 0.